The molecule has 100 valence electrons. The summed E-state index contributed by atoms with van der Waals surface area (Å²) in [5, 5.41) is 9.06. The molecule has 1 unspecified atom stereocenters. The van der Waals surface area contributed by atoms with Crippen molar-refractivity contribution in [2.24, 2.45) is 11.7 Å². The highest BCUT2D eigenvalue weighted by molar-refractivity contribution is 5.77. The van der Waals surface area contributed by atoms with Crippen LogP contribution in [0.2, 0.25) is 0 Å². The lowest BCUT2D eigenvalue weighted by Crippen LogP contribution is -2.44. The highest BCUT2D eigenvalue weighted by atomic mass is 16.3. The number of carbonyl (C=O) groups excluding carboxylic acids is 1. The lowest BCUT2D eigenvalue weighted by Gasteiger charge is -2.31. The molecule has 0 radical (unpaired) electrons. The van der Waals surface area contributed by atoms with Crippen molar-refractivity contribution < 1.29 is 9.90 Å². The Labute approximate surface area is 104 Å². The molecule has 0 aliphatic heterocycles. The zero-order valence-electron chi connectivity index (χ0n) is 11.1. The molecular formula is C13H26N2O2. The summed E-state index contributed by atoms with van der Waals surface area (Å²) in [6.45, 7) is 4.61. The monoisotopic (exact) mass is 242 g/mol. The maximum Gasteiger partial charge on any atom is 0.224 e. The van der Waals surface area contributed by atoms with Crippen molar-refractivity contribution in [1.29, 1.82) is 0 Å². The van der Waals surface area contributed by atoms with Gasteiger partial charge >= 0.3 is 0 Å². The number of aliphatic hydroxyl groups excluding tert-OH is 1. The largest absolute Gasteiger partial charge is 0.395 e. The summed E-state index contributed by atoms with van der Waals surface area (Å²) in [7, 11) is 0. The lowest BCUT2D eigenvalue weighted by molar-refractivity contribution is -0.134. The van der Waals surface area contributed by atoms with Crippen LogP contribution in [0.25, 0.3) is 0 Å². The third kappa shape index (κ3) is 4.28. The smallest absolute Gasteiger partial charge is 0.224 e. The molecule has 0 aromatic heterocycles. The second-order valence-electron chi connectivity index (χ2n) is 4.99. The number of hydrogen-bond donors (Lipinski definition) is 2. The van der Waals surface area contributed by atoms with Gasteiger partial charge in [-0.05, 0) is 31.6 Å². The summed E-state index contributed by atoms with van der Waals surface area (Å²) < 4.78 is 0. The van der Waals surface area contributed by atoms with E-state index in [-0.39, 0.29) is 24.6 Å². The van der Waals surface area contributed by atoms with Gasteiger partial charge in [-0.1, -0.05) is 13.8 Å². The molecule has 0 heterocycles. The summed E-state index contributed by atoms with van der Waals surface area (Å²) in [6, 6.07) is 0.249. The highest BCUT2D eigenvalue weighted by Gasteiger charge is 2.31. The van der Waals surface area contributed by atoms with Gasteiger partial charge in [0.15, 0.2) is 0 Å². The molecule has 1 amide bonds. The molecule has 1 aliphatic carbocycles. The first-order chi connectivity index (χ1) is 8.13. The first-order valence-electron chi connectivity index (χ1n) is 6.79. The van der Waals surface area contributed by atoms with E-state index in [1.807, 2.05) is 4.90 Å². The predicted octanol–water partition coefficient (Wildman–Crippen LogP) is 1.12. The Morgan fingerprint density at radius 3 is 2.41 bits per heavy atom. The fourth-order valence-corrected chi connectivity index (χ4v) is 2.36. The van der Waals surface area contributed by atoms with Crippen molar-refractivity contribution >= 4 is 5.91 Å². The van der Waals surface area contributed by atoms with Gasteiger partial charge in [0.2, 0.25) is 5.91 Å². The quantitative estimate of drug-likeness (QED) is 0.670. The van der Waals surface area contributed by atoms with E-state index in [1.165, 1.54) is 12.8 Å². The molecule has 1 rings (SSSR count). The number of nitrogens with two attached hydrogens (primary N) is 1. The normalized spacial score (nSPS) is 17.2. The molecule has 1 fully saturated rings. The van der Waals surface area contributed by atoms with Crippen molar-refractivity contribution in [3.63, 3.8) is 0 Å². The molecule has 0 spiro atoms. The van der Waals surface area contributed by atoms with E-state index < -0.39 is 0 Å². The fraction of sp³-hybridized carbons (Fsp3) is 0.923. The molecule has 0 saturated heterocycles. The van der Waals surface area contributed by atoms with Crippen molar-refractivity contribution in [3.05, 3.63) is 0 Å². The third-order valence-corrected chi connectivity index (χ3v) is 3.68. The van der Waals surface area contributed by atoms with Crippen LogP contribution >= 0.6 is 0 Å². The standard InChI is InChI=1S/C13H26N2O2/c1-3-11(4-2)15(7-8-16)13(17)9-12(14)10-5-6-10/h10-12,16H,3-9,14H2,1-2H3. The van der Waals surface area contributed by atoms with Crippen LogP contribution in [0.1, 0.15) is 46.0 Å². The van der Waals surface area contributed by atoms with Crippen LogP contribution in [0.15, 0.2) is 0 Å². The number of amides is 1. The number of nitrogens with zero attached hydrogens (tertiary/aromatic N) is 1. The van der Waals surface area contributed by atoms with Crippen molar-refractivity contribution in [3.8, 4) is 0 Å². The van der Waals surface area contributed by atoms with E-state index >= 15 is 0 Å². The zero-order chi connectivity index (χ0) is 12.8. The van der Waals surface area contributed by atoms with Gasteiger partial charge < -0.3 is 15.7 Å². The van der Waals surface area contributed by atoms with Gasteiger partial charge in [0.05, 0.1) is 6.61 Å². The average Bonchev–Trinajstić information content (AvgIpc) is 3.13. The minimum absolute atomic E-state index is 0.0121. The van der Waals surface area contributed by atoms with E-state index in [0.29, 0.717) is 18.9 Å². The minimum Gasteiger partial charge on any atom is -0.395 e. The molecule has 1 saturated carbocycles. The number of hydrogen-bond acceptors (Lipinski definition) is 3. The fourth-order valence-electron chi connectivity index (χ4n) is 2.36. The summed E-state index contributed by atoms with van der Waals surface area (Å²) in [6.07, 6.45) is 4.63. The van der Waals surface area contributed by atoms with Gasteiger partial charge in [0.1, 0.15) is 0 Å². The van der Waals surface area contributed by atoms with Crippen LogP contribution in [0.3, 0.4) is 0 Å². The summed E-state index contributed by atoms with van der Waals surface area (Å²) in [5.41, 5.74) is 5.99. The minimum atomic E-state index is 0.0121. The average molecular weight is 242 g/mol. The number of aliphatic hydroxyl groups is 1. The molecule has 17 heavy (non-hydrogen) atoms. The Bertz CT molecular complexity index is 238. The molecule has 4 nitrogen and oxygen atoms in total. The van der Waals surface area contributed by atoms with Crippen LogP contribution in [-0.4, -0.2) is 41.1 Å². The van der Waals surface area contributed by atoms with E-state index in [9.17, 15) is 4.79 Å². The van der Waals surface area contributed by atoms with Crippen LogP contribution in [-0.2, 0) is 4.79 Å². The third-order valence-electron chi connectivity index (χ3n) is 3.68. The highest BCUT2D eigenvalue weighted by Crippen LogP contribution is 2.33. The van der Waals surface area contributed by atoms with E-state index in [4.69, 9.17) is 10.8 Å². The molecular weight excluding hydrogens is 216 g/mol. The molecule has 0 bridgehead atoms. The van der Waals surface area contributed by atoms with Gasteiger partial charge in [0.25, 0.3) is 0 Å². The molecule has 0 aromatic rings. The van der Waals surface area contributed by atoms with Gasteiger partial charge in [-0.3, -0.25) is 4.79 Å². The van der Waals surface area contributed by atoms with E-state index in [2.05, 4.69) is 13.8 Å². The molecule has 0 aromatic carbocycles. The second-order valence-corrected chi connectivity index (χ2v) is 4.99. The predicted molar refractivity (Wildman–Crippen MR) is 68.5 cm³/mol. The Morgan fingerprint density at radius 1 is 1.41 bits per heavy atom. The van der Waals surface area contributed by atoms with Crippen LogP contribution in [0.5, 0.6) is 0 Å². The summed E-state index contributed by atoms with van der Waals surface area (Å²) in [4.78, 5) is 14.0. The SMILES string of the molecule is CCC(CC)N(CCO)C(=O)CC(N)C1CC1. The van der Waals surface area contributed by atoms with Gasteiger partial charge in [-0.25, -0.2) is 0 Å². The van der Waals surface area contributed by atoms with Crippen molar-refractivity contribution in [1.82, 2.24) is 4.90 Å². The van der Waals surface area contributed by atoms with Crippen LogP contribution in [0, 0.1) is 5.92 Å². The van der Waals surface area contributed by atoms with Crippen LogP contribution < -0.4 is 5.73 Å². The molecule has 1 aliphatic rings. The maximum atomic E-state index is 12.2. The first-order valence-corrected chi connectivity index (χ1v) is 6.79. The first kappa shape index (κ1) is 14.5. The lowest BCUT2D eigenvalue weighted by atomic mass is 10.1. The van der Waals surface area contributed by atoms with Crippen molar-refractivity contribution in [2.75, 3.05) is 13.2 Å². The Hall–Kier alpha value is -0.610. The van der Waals surface area contributed by atoms with Gasteiger partial charge in [-0.2, -0.15) is 0 Å². The topological polar surface area (TPSA) is 66.6 Å². The summed E-state index contributed by atoms with van der Waals surface area (Å²) in [5.74, 6) is 0.656. The van der Waals surface area contributed by atoms with Gasteiger partial charge in [-0.15, -0.1) is 0 Å². The Morgan fingerprint density at radius 2 is 2.00 bits per heavy atom. The Balaban J connectivity index is 2.51. The number of carbonyl (C=O) groups is 1. The Kier molecular flexibility index (Phi) is 5.92. The molecule has 3 N–H and O–H groups in total. The van der Waals surface area contributed by atoms with E-state index in [1.54, 1.807) is 0 Å². The van der Waals surface area contributed by atoms with Gasteiger partial charge in [0, 0.05) is 25.0 Å². The van der Waals surface area contributed by atoms with E-state index in [0.717, 1.165) is 12.8 Å². The number of rotatable bonds is 8. The summed E-state index contributed by atoms with van der Waals surface area (Å²) >= 11 is 0. The van der Waals surface area contributed by atoms with Crippen LogP contribution in [0.4, 0.5) is 0 Å². The second kappa shape index (κ2) is 6.97. The molecule has 4 heteroatoms. The maximum absolute atomic E-state index is 12.2. The molecule has 1 atom stereocenters. The zero-order valence-corrected chi connectivity index (χ0v) is 11.1. The van der Waals surface area contributed by atoms with Crippen molar-refractivity contribution in [2.45, 2.75) is 58.0 Å².